The number of halogens is 2. The van der Waals surface area contributed by atoms with Crippen LogP contribution in [-0.4, -0.2) is 67.4 Å². The van der Waals surface area contributed by atoms with Crippen molar-refractivity contribution in [3.63, 3.8) is 0 Å². The average Bonchev–Trinajstić information content (AvgIpc) is 3.50. The molecule has 2 fully saturated rings. The van der Waals surface area contributed by atoms with Gasteiger partial charge in [-0.3, -0.25) is 4.79 Å². The molecule has 7 nitrogen and oxygen atoms in total. The molecule has 2 saturated heterocycles. The molecule has 1 amide bonds. The number of hydrogen-bond donors (Lipinski definition) is 0. The Kier molecular flexibility index (Phi) is 6.36. The van der Waals surface area contributed by atoms with E-state index >= 15 is 0 Å². The van der Waals surface area contributed by atoms with Crippen LogP contribution in [0.1, 0.15) is 36.2 Å². The molecule has 0 spiro atoms. The fourth-order valence-electron chi connectivity index (χ4n) is 4.95. The summed E-state index contributed by atoms with van der Waals surface area (Å²) in [7, 11) is 1.86. The van der Waals surface area contributed by atoms with Gasteiger partial charge in [0.05, 0.1) is 10.0 Å². The molecule has 9 heteroatoms. The minimum Gasteiger partial charge on any atom is -0.337 e. The van der Waals surface area contributed by atoms with Crippen LogP contribution in [-0.2, 0) is 7.05 Å². The summed E-state index contributed by atoms with van der Waals surface area (Å²) in [5, 5.41) is 0.919. The van der Waals surface area contributed by atoms with Crippen molar-refractivity contribution in [2.75, 3.05) is 26.2 Å². The van der Waals surface area contributed by atoms with Gasteiger partial charge in [-0.1, -0.05) is 23.2 Å². The van der Waals surface area contributed by atoms with Gasteiger partial charge in [-0.25, -0.2) is 15.0 Å². The second-order valence-electron chi connectivity index (χ2n) is 8.71. The standard InChI is InChI=1S/C24H26Cl2N6O/c1-30-22(24(33)32-10-6-18(7-11-32)31-8-2-3-9-31)21(17-13-27-15-28-14-17)29-23(30)16-4-5-19(25)20(26)12-16/h4-5,12-15,18H,2-3,6-11H2,1H3. The van der Waals surface area contributed by atoms with E-state index < -0.39 is 0 Å². The number of piperidine rings is 1. The number of amides is 1. The van der Waals surface area contributed by atoms with E-state index in [1.165, 1.54) is 32.3 Å². The molecule has 3 aromatic rings. The highest BCUT2D eigenvalue weighted by Gasteiger charge is 2.32. The Morgan fingerprint density at radius 3 is 2.33 bits per heavy atom. The third-order valence-electron chi connectivity index (χ3n) is 6.72. The maximum atomic E-state index is 13.8. The molecule has 172 valence electrons. The van der Waals surface area contributed by atoms with Crippen molar-refractivity contribution in [3.05, 3.63) is 52.7 Å². The van der Waals surface area contributed by atoms with Crippen LogP contribution < -0.4 is 0 Å². The van der Waals surface area contributed by atoms with Crippen molar-refractivity contribution in [1.29, 1.82) is 0 Å². The highest BCUT2D eigenvalue weighted by atomic mass is 35.5. The minimum absolute atomic E-state index is 0.0185. The van der Waals surface area contributed by atoms with Crippen LogP contribution in [0.2, 0.25) is 10.0 Å². The molecule has 1 aromatic carbocycles. The highest BCUT2D eigenvalue weighted by molar-refractivity contribution is 6.42. The molecule has 0 N–H and O–H groups in total. The Labute approximate surface area is 203 Å². The Hall–Kier alpha value is -2.48. The van der Waals surface area contributed by atoms with Crippen molar-refractivity contribution >= 4 is 29.1 Å². The molecule has 2 aromatic heterocycles. The monoisotopic (exact) mass is 484 g/mol. The number of carbonyl (C=O) groups excluding carboxylic acids is 1. The van der Waals surface area contributed by atoms with E-state index in [4.69, 9.17) is 28.2 Å². The number of aromatic nitrogens is 4. The molecule has 5 rings (SSSR count). The van der Waals surface area contributed by atoms with Crippen molar-refractivity contribution in [2.24, 2.45) is 7.05 Å². The maximum Gasteiger partial charge on any atom is 0.272 e. The topological polar surface area (TPSA) is 67.2 Å². The first-order valence-corrected chi connectivity index (χ1v) is 12.1. The number of nitrogens with zero attached hydrogens (tertiary/aromatic N) is 6. The summed E-state index contributed by atoms with van der Waals surface area (Å²) in [6.45, 7) is 3.87. The molecule has 0 atom stereocenters. The third-order valence-corrected chi connectivity index (χ3v) is 7.46. The molecule has 0 unspecified atom stereocenters. The number of rotatable bonds is 4. The van der Waals surface area contributed by atoms with E-state index in [0.717, 1.165) is 31.5 Å². The Morgan fingerprint density at radius 1 is 0.970 bits per heavy atom. The fourth-order valence-corrected chi connectivity index (χ4v) is 5.25. The molecule has 33 heavy (non-hydrogen) atoms. The maximum absolute atomic E-state index is 13.8. The highest BCUT2D eigenvalue weighted by Crippen LogP contribution is 2.33. The van der Waals surface area contributed by atoms with Crippen LogP contribution in [0.3, 0.4) is 0 Å². The summed E-state index contributed by atoms with van der Waals surface area (Å²) in [6, 6.07) is 5.95. The van der Waals surface area contributed by atoms with Gasteiger partial charge in [0.1, 0.15) is 23.5 Å². The van der Waals surface area contributed by atoms with E-state index in [0.29, 0.717) is 38.9 Å². The predicted molar refractivity (Wildman–Crippen MR) is 129 cm³/mol. The van der Waals surface area contributed by atoms with E-state index in [2.05, 4.69) is 14.9 Å². The molecular weight excluding hydrogens is 459 g/mol. The zero-order chi connectivity index (χ0) is 22.9. The second-order valence-corrected chi connectivity index (χ2v) is 9.53. The number of carbonyl (C=O) groups is 1. The summed E-state index contributed by atoms with van der Waals surface area (Å²) in [5.74, 6) is 0.623. The minimum atomic E-state index is -0.0185. The smallest absolute Gasteiger partial charge is 0.272 e. The van der Waals surface area contributed by atoms with Gasteiger partial charge in [-0.2, -0.15) is 0 Å². The van der Waals surface area contributed by atoms with Crippen molar-refractivity contribution in [2.45, 2.75) is 31.7 Å². The SMILES string of the molecule is Cn1c(-c2ccc(Cl)c(Cl)c2)nc(-c2cncnc2)c1C(=O)N1CCC(N2CCCC2)CC1. The van der Waals surface area contributed by atoms with E-state index in [1.807, 2.05) is 22.6 Å². The normalized spacial score (nSPS) is 17.6. The summed E-state index contributed by atoms with van der Waals surface area (Å²) in [6.07, 6.45) is 9.42. The van der Waals surface area contributed by atoms with Gasteiger partial charge in [0.15, 0.2) is 0 Å². The number of benzene rings is 1. The van der Waals surface area contributed by atoms with Crippen LogP contribution in [0.5, 0.6) is 0 Å². The van der Waals surface area contributed by atoms with Gasteiger partial charge >= 0.3 is 0 Å². The second kappa shape index (κ2) is 9.41. The van der Waals surface area contributed by atoms with Gasteiger partial charge in [0.25, 0.3) is 5.91 Å². The molecule has 4 heterocycles. The molecule has 0 radical (unpaired) electrons. The Morgan fingerprint density at radius 2 is 1.67 bits per heavy atom. The third kappa shape index (κ3) is 4.37. The lowest BCUT2D eigenvalue weighted by atomic mass is 10.0. The zero-order valence-electron chi connectivity index (χ0n) is 18.5. The van der Waals surface area contributed by atoms with Crippen molar-refractivity contribution < 1.29 is 4.79 Å². The molecule has 0 saturated carbocycles. The first kappa shape index (κ1) is 22.3. The summed E-state index contributed by atoms with van der Waals surface area (Å²) in [5.41, 5.74) is 2.60. The van der Waals surface area contributed by atoms with E-state index in [-0.39, 0.29) is 5.91 Å². The van der Waals surface area contributed by atoms with Crippen molar-refractivity contribution in [3.8, 4) is 22.6 Å². The van der Waals surface area contributed by atoms with Gasteiger partial charge in [0.2, 0.25) is 0 Å². The fraction of sp³-hybridized carbons (Fsp3) is 0.417. The Bertz CT molecular complexity index is 1150. The Balaban J connectivity index is 1.48. The van der Waals surface area contributed by atoms with Gasteiger partial charge in [0, 0.05) is 49.7 Å². The summed E-state index contributed by atoms with van der Waals surface area (Å²) in [4.78, 5) is 31.4. The largest absolute Gasteiger partial charge is 0.337 e. The first-order chi connectivity index (χ1) is 16.0. The lowest BCUT2D eigenvalue weighted by molar-refractivity contribution is 0.0636. The van der Waals surface area contributed by atoms with Crippen molar-refractivity contribution in [1.82, 2.24) is 29.3 Å². The van der Waals surface area contributed by atoms with E-state index in [1.54, 1.807) is 24.5 Å². The molecule has 2 aliphatic heterocycles. The predicted octanol–water partition coefficient (Wildman–Crippen LogP) is 4.55. The molecular formula is C24H26Cl2N6O. The molecule has 0 bridgehead atoms. The molecule has 2 aliphatic rings. The quantitative estimate of drug-likeness (QED) is 0.543. The van der Waals surface area contributed by atoms with Crippen LogP contribution in [0.25, 0.3) is 22.6 Å². The summed E-state index contributed by atoms with van der Waals surface area (Å²) >= 11 is 12.4. The average molecular weight is 485 g/mol. The van der Waals surface area contributed by atoms with Crippen LogP contribution in [0.15, 0.2) is 36.9 Å². The van der Waals surface area contributed by atoms with Crippen LogP contribution in [0, 0.1) is 0 Å². The number of likely N-dealkylation sites (tertiary alicyclic amines) is 2. The lowest BCUT2D eigenvalue weighted by Gasteiger charge is -2.36. The number of imidazole rings is 1. The van der Waals surface area contributed by atoms with E-state index in [9.17, 15) is 4.79 Å². The van der Waals surface area contributed by atoms with Crippen LogP contribution in [0.4, 0.5) is 0 Å². The van der Waals surface area contributed by atoms with Gasteiger partial charge in [-0.05, 0) is 57.0 Å². The van der Waals surface area contributed by atoms with Gasteiger partial charge < -0.3 is 14.4 Å². The first-order valence-electron chi connectivity index (χ1n) is 11.3. The lowest BCUT2D eigenvalue weighted by Crippen LogP contribution is -2.46. The zero-order valence-corrected chi connectivity index (χ0v) is 20.1. The summed E-state index contributed by atoms with van der Waals surface area (Å²) < 4.78 is 1.84. The van der Waals surface area contributed by atoms with Gasteiger partial charge in [-0.15, -0.1) is 0 Å². The number of hydrogen-bond acceptors (Lipinski definition) is 5. The molecule has 0 aliphatic carbocycles. The van der Waals surface area contributed by atoms with Crippen LogP contribution >= 0.6 is 23.2 Å².